The zero-order chi connectivity index (χ0) is 18.9. The molecule has 1 N–H and O–H groups in total. The molecule has 0 saturated carbocycles. The molecule has 1 spiro atoms. The number of ether oxygens (including phenoxy) is 1. The van der Waals surface area contributed by atoms with Crippen molar-refractivity contribution < 1.29 is 14.3 Å². The van der Waals surface area contributed by atoms with Crippen LogP contribution in [0.15, 0.2) is 29.9 Å². The molecule has 0 radical (unpaired) electrons. The summed E-state index contributed by atoms with van der Waals surface area (Å²) in [4.78, 5) is 27.6. The molecule has 27 heavy (non-hydrogen) atoms. The highest BCUT2D eigenvalue weighted by Crippen LogP contribution is 2.35. The summed E-state index contributed by atoms with van der Waals surface area (Å²) in [6, 6.07) is 3.87. The molecular weight excluding hydrogens is 364 g/mol. The lowest BCUT2D eigenvalue weighted by atomic mass is 9.82. The van der Waals surface area contributed by atoms with Crippen LogP contribution in [0.4, 0.5) is 0 Å². The lowest BCUT2D eigenvalue weighted by Gasteiger charge is -2.46. The van der Waals surface area contributed by atoms with Crippen molar-refractivity contribution >= 4 is 23.2 Å². The Kier molecular flexibility index (Phi) is 5.01. The van der Waals surface area contributed by atoms with Gasteiger partial charge >= 0.3 is 0 Å². The Bertz CT molecular complexity index is 809. The van der Waals surface area contributed by atoms with Gasteiger partial charge in [0.1, 0.15) is 0 Å². The van der Waals surface area contributed by atoms with Crippen LogP contribution >= 0.6 is 11.3 Å². The standard InChI is InChI=1S/C19H24N4O3S/c1-22-13-14(12-20-22)17(24)21-15-4-9-26-19(11-15)5-7-23(8-6-19)18(25)16-3-2-10-27-16/h2-3,10,12-13,15H,4-9,11H2,1H3,(H,21,24)/t15-/m1/s1. The molecule has 0 bridgehead atoms. The Morgan fingerprint density at radius 1 is 1.37 bits per heavy atom. The molecule has 0 aliphatic carbocycles. The van der Waals surface area contributed by atoms with E-state index in [1.54, 1.807) is 24.1 Å². The van der Waals surface area contributed by atoms with Gasteiger partial charge in [-0.15, -0.1) is 11.3 Å². The molecule has 8 heteroatoms. The van der Waals surface area contributed by atoms with Gasteiger partial charge < -0.3 is 15.0 Å². The third-order valence-electron chi connectivity index (χ3n) is 5.49. The largest absolute Gasteiger partial charge is 0.375 e. The molecule has 4 rings (SSSR count). The summed E-state index contributed by atoms with van der Waals surface area (Å²) in [5.41, 5.74) is 0.339. The molecule has 2 fully saturated rings. The zero-order valence-corrected chi connectivity index (χ0v) is 16.2. The second-order valence-corrected chi connectivity index (χ2v) is 8.31. The Hall–Kier alpha value is -2.19. The van der Waals surface area contributed by atoms with Crippen molar-refractivity contribution in [3.8, 4) is 0 Å². The fourth-order valence-electron chi connectivity index (χ4n) is 3.98. The minimum atomic E-state index is -0.239. The van der Waals surface area contributed by atoms with Crippen LogP contribution in [-0.4, -0.2) is 57.8 Å². The van der Waals surface area contributed by atoms with Crippen molar-refractivity contribution in [2.24, 2.45) is 7.05 Å². The maximum Gasteiger partial charge on any atom is 0.263 e. The van der Waals surface area contributed by atoms with Gasteiger partial charge in [-0.25, -0.2) is 0 Å². The highest BCUT2D eigenvalue weighted by atomic mass is 32.1. The molecule has 0 unspecified atom stereocenters. The predicted molar refractivity (Wildman–Crippen MR) is 102 cm³/mol. The first-order chi connectivity index (χ1) is 13.0. The number of thiophene rings is 1. The van der Waals surface area contributed by atoms with Gasteiger partial charge in [-0.3, -0.25) is 14.3 Å². The first-order valence-electron chi connectivity index (χ1n) is 9.31. The lowest BCUT2D eigenvalue weighted by molar-refractivity contribution is -0.114. The van der Waals surface area contributed by atoms with E-state index >= 15 is 0 Å². The van der Waals surface area contributed by atoms with Crippen LogP contribution < -0.4 is 5.32 Å². The molecule has 7 nitrogen and oxygen atoms in total. The van der Waals surface area contributed by atoms with Crippen molar-refractivity contribution in [1.82, 2.24) is 20.0 Å². The average Bonchev–Trinajstić information content (AvgIpc) is 3.34. The van der Waals surface area contributed by atoms with Crippen LogP contribution in [0.5, 0.6) is 0 Å². The smallest absolute Gasteiger partial charge is 0.263 e. The number of piperidine rings is 1. The van der Waals surface area contributed by atoms with Gasteiger partial charge in [0.15, 0.2) is 0 Å². The van der Waals surface area contributed by atoms with Gasteiger partial charge in [0.25, 0.3) is 11.8 Å². The summed E-state index contributed by atoms with van der Waals surface area (Å²) in [7, 11) is 1.80. The molecule has 4 heterocycles. The molecule has 2 aliphatic heterocycles. The van der Waals surface area contributed by atoms with Crippen molar-refractivity contribution in [2.75, 3.05) is 19.7 Å². The number of rotatable bonds is 3. The second-order valence-electron chi connectivity index (χ2n) is 7.37. The van der Waals surface area contributed by atoms with Crippen LogP contribution in [-0.2, 0) is 11.8 Å². The van der Waals surface area contributed by atoms with E-state index in [0.29, 0.717) is 25.3 Å². The summed E-state index contributed by atoms with van der Waals surface area (Å²) in [5.74, 6) is 0.0209. The van der Waals surface area contributed by atoms with Crippen LogP contribution in [0.2, 0.25) is 0 Å². The fourth-order valence-corrected chi connectivity index (χ4v) is 4.67. The Morgan fingerprint density at radius 2 is 2.19 bits per heavy atom. The third kappa shape index (κ3) is 3.91. The van der Waals surface area contributed by atoms with Crippen molar-refractivity contribution in [1.29, 1.82) is 0 Å². The number of likely N-dealkylation sites (tertiary alicyclic amines) is 1. The van der Waals surface area contributed by atoms with Crippen LogP contribution in [0.25, 0.3) is 0 Å². The number of aryl methyl sites for hydroxylation is 1. The van der Waals surface area contributed by atoms with Gasteiger partial charge in [0.05, 0.1) is 22.2 Å². The maximum absolute atomic E-state index is 12.5. The third-order valence-corrected chi connectivity index (χ3v) is 6.35. The van der Waals surface area contributed by atoms with Crippen LogP contribution in [0.1, 0.15) is 45.7 Å². The molecule has 2 amide bonds. The quantitative estimate of drug-likeness (QED) is 0.873. The molecule has 144 valence electrons. The summed E-state index contributed by atoms with van der Waals surface area (Å²) in [6.07, 6.45) is 6.52. The van der Waals surface area contributed by atoms with Crippen LogP contribution in [0.3, 0.4) is 0 Å². The number of hydrogen-bond donors (Lipinski definition) is 1. The van der Waals surface area contributed by atoms with Crippen molar-refractivity contribution in [3.63, 3.8) is 0 Å². The topological polar surface area (TPSA) is 76.5 Å². The van der Waals surface area contributed by atoms with E-state index < -0.39 is 0 Å². The van der Waals surface area contributed by atoms with E-state index in [1.165, 1.54) is 11.3 Å². The Morgan fingerprint density at radius 3 is 2.85 bits per heavy atom. The number of carbonyl (C=O) groups is 2. The van der Waals surface area contributed by atoms with Gasteiger partial charge in [0.2, 0.25) is 0 Å². The first-order valence-corrected chi connectivity index (χ1v) is 10.2. The zero-order valence-electron chi connectivity index (χ0n) is 15.4. The first kappa shape index (κ1) is 18.2. The number of amides is 2. The normalized spacial score (nSPS) is 22.0. The number of carbonyl (C=O) groups excluding carboxylic acids is 2. The minimum absolute atomic E-state index is 0.0875. The maximum atomic E-state index is 12.5. The molecule has 2 aromatic heterocycles. The molecule has 0 aromatic carbocycles. The van der Waals surface area contributed by atoms with Gasteiger partial charge in [-0.2, -0.15) is 5.10 Å². The predicted octanol–water partition coefficient (Wildman–Crippen LogP) is 2.07. The SMILES string of the molecule is Cn1cc(C(=O)N[C@@H]2CCOC3(CCN(C(=O)c4cccs4)CC3)C2)cn1. The summed E-state index contributed by atoms with van der Waals surface area (Å²) < 4.78 is 7.77. The lowest BCUT2D eigenvalue weighted by Crippen LogP contribution is -2.54. The van der Waals surface area contributed by atoms with Crippen molar-refractivity contribution in [2.45, 2.75) is 37.3 Å². The molecule has 2 saturated heterocycles. The van der Waals surface area contributed by atoms with E-state index in [9.17, 15) is 9.59 Å². The fraction of sp³-hybridized carbons (Fsp3) is 0.526. The molecule has 2 aliphatic rings. The molecular formula is C19H24N4O3S. The van der Waals surface area contributed by atoms with Crippen molar-refractivity contribution in [3.05, 3.63) is 40.3 Å². The second kappa shape index (κ2) is 7.44. The number of aromatic nitrogens is 2. The van der Waals surface area contributed by atoms with Gasteiger partial charge in [-0.1, -0.05) is 6.07 Å². The highest BCUT2D eigenvalue weighted by Gasteiger charge is 2.41. The highest BCUT2D eigenvalue weighted by molar-refractivity contribution is 7.12. The van der Waals surface area contributed by atoms with E-state index in [1.807, 2.05) is 22.4 Å². The Labute approximate surface area is 162 Å². The van der Waals surface area contributed by atoms with E-state index in [0.717, 1.165) is 30.6 Å². The monoisotopic (exact) mass is 388 g/mol. The van der Waals surface area contributed by atoms with Crippen LogP contribution in [0, 0.1) is 0 Å². The van der Waals surface area contributed by atoms with E-state index in [2.05, 4.69) is 10.4 Å². The summed E-state index contributed by atoms with van der Waals surface area (Å²) in [5, 5.41) is 9.11. The van der Waals surface area contributed by atoms with E-state index in [-0.39, 0.29) is 23.5 Å². The Balaban J connectivity index is 1.34. The summed E-state index contributed by atoms with van der Waals surface area (Å²) >= 11 is 1.48. The summed E-state index contributed by atoms with van der Waals surface area (Å²) in [6.45, 7) is 2.02. The van der Waals surface area contributed by atoms with Gasteiger partial charge in [0, 0.05) is 39.0 Å². The average molecular weight is 388 g/mol. The minimum Gasteiger partial charge on any atom is -0.375 e. The van der Waals surface area contributed by atoms with Gasteiger partial charge in [-0.05, 0) is 37.1 Å². The number of hydrogen-bond acceptors (Lipinski definition) is 5. The number of nitrogens with one attached hydrogen (secondary N) is 1. The molecule has 2 aromatic rings. The molecule has 1 atom stereocenters. The number of nitrogens with zero attached hydrogens (tertiary/aromatic N) is 3. The van der Waals surface area contributed by atoms with E-state index in [4.69, 9.17) is 4.74 Å².